The lowest BCUT2D eigenvalue weighted by Crippen LogP contribution is -2.43. The zero-order chi connectivity index (χ0) is 21.9. The van der Waals surface area contributed by atoms with E-state index < -0.39 is 0 Å². The Labute approximate surface area is 204 Å². The molecule has 0 radical (unpaired) electrons. The van der Waals surface area contributed by atoms with Gasteiger partial charge in [-0.05, 0) is 41.0 Å². The summed E-state index contributed by atoms with van der Waals surface area (Å²) in [5.41, 5.74) is 2.95. The van der Waals surface area contributed by atoms with Gasteiger partial charge in [0.2, 0.25) is 0 Å². The molecule has 5 nitrogen and oxygen atoms in total. The van der Waals surface area contributed by atoms with Crippen molar-refractivity contribution in [2.75, 3.05) is 44.3 Å². The summed E-state index contributed by atoms with van der Waals surface area (Å²) in [7, 11) is 0. The molecule has 1 saturated heterocycles. The number of carbonyl (C=O) groups is 1. The number of nitrogens with zero attached hydrogens (tertiary/aromatic N) is 3. The van der Waals surface area contributed by atoms with E-state index in [-0.39, 0.29) is 18.3 Å². The van der Waals surface area contributed by atoms with Gasteiger partial charge in [-0.15, -0.1) is 12.4 Å². The highest BCUT2D eigenvalue weighted by molar-refractivity contribution is 7.22. The molecule has 172 valence electrons. The zero-order valence-electron chi connectivity index (χ0n) is 18.7. The van der Waals surface area contributed by atoms with Crippen molar-refractivity contribution < 1.29 is 9.53 Å². The molecule has 0 atom stereocenters. The molecule has 1 amide bonds. The maximum Gasteiger partial charge on any atom is 0.260 e. The maximum absolute atomic E-state index is 13.9. The van der Waals surface area contributed by atoms with Crippen LogP contribution in [0.25, 0.3) is 21.0 Å². The summed E-state index contributed by atoms with van der Waals surface area (Å²) in [5.74, 6) is 0.00447. The first-order valence-corrected chi connectivity index (χ1v) is 12.0. The highest BCUT2D eigenvalue weighted by atomic mass is 35.5. The molecule has 1 aliphatic heterocycles. The molecule has 7 heteroatoms. The number of hydrogen-bond acceptors (Lipinski definition) is 5. The van der Waals surface area contributed by atoms with Crippen LogP contribution in [-0.4, -0.2) is 55.2 Å². The number of ether oxygens (including phenoxy) is 1. The van der Waals surface area contributed by atoms with Crippen molar-refractivity contribution in [2.45, 2.75) is 13.3 Å². The molecular formula is C26H28ClN3O2S. The van der Waals surface area contributed by atoms with Gasteiger partial charge in [-0.25, -0.2) is 4.98 Å². The highest BCUT2D eigenvalue weighted by Gasteiger charge is 2.24. The molecule has 2 heterocycles. The molecule has 4 aromatic rings. The standard InChI is InChI=1S/C26H27N3O2S.ClH/c1-2-19-10-11-23-24(18-19)32-26(27-23)29(13-12-28-14-16-31-17-15-28)25(30)22-9-5-7-20-6-3-4-8-21(20)22;/h3-11,18H,2,12-17H2,1H3;1H. The lowest BCUT2D eigenvalue weighted by molar-refractivity contribution is 0.0391. The number of morpholine rings is 1. The first-order chi connectivity index (χ1) is 15.7. The van der Waals surface area contributed by atoms with Gasteiger partial charge in [0.15, 0.2) is 5.13 Å². The van der Waals surface area contributed by atoms with Gasteiger partial charge >= 0.3 is 0 Å². The highest BCUT2D eigenvalue weighted by Crippen LogP contribution is 2.31. The Morgan fingerprint density at radius 3 is 2.70 bits per heavy atom. The van der Waals surface area contributed by atoms with Gasteiger partial charge in [0.1, 0.15) is 0 Å². The van der Waals surface area contributed by atoms with Gasteiger partial charge in [-0.2, -0.15) is 0 Å². The van der Waals surface area contributed by atoms with Crippen LogP contribution >= 0.6 is 23.7 Å². The molecule has 0 N–H and O–H groups in total. The van der Waals surface area contributed by atoms with Gasteiger partial charge in [-0.1, -0.05) is 60.7 Å². The number of aryl methyl sites for hydroxylation is 1. The fourth-order valence-electron chi connectivity index (χ4n) is 4.20. The molecular weight excluding hydrogens is 454 g/mol. The Balaban J connectivity index is 0.00000259. The third-order valence-electron chi connectivity index (χ3n) is 6.09. The van der Waals surface area contributed by atoms with Crippen molar-refractivity contribution in [3.8, 4) is 0 Å². The SMILES string of the molecule is CCc1ccc2nc(N(CCN3CCOCC3)C(=O)c3cccc4ccccc34)sc2c1.Cl. The first kappa shape index (κ1) is 23.6. The van der Waals surface area contributed by atoms with Crippen molar-refractivity contribution in [3.63, 3.8) is 0 Å². The maximum atomic E-state index is 13.9. The smallest absolute Gasteiger partial charge is 0.260 e. The number of amides is 1. The molecule has 1 aromatic heterocycles. The van der Waals surface area contributed by atoms with Crippen LogP contribution in [0.4, 0.5) is 5.13 Å². The van der Waals surface area contributed by atoms with Crippen LogP contribution < -0.4 is 4.90 Å². The van der Waals surface area contributed by atoms with E-state index in [1.165, 1.54) is 5.56 Å². The molecule has 0 unspecified atom stereocenters. The average molecular weight is 482 g/mol. The molecule has 0 bridgehead atoms. The van der Waals surface area contributed by atoms with Crippen LogP contribution in [0.3, 0.4) is 0 Å². The van der Waals surface area contributed by atoms with Crippen LogP contribution in [0.15, 0.2) is 60.7 Å². The van der Waals surface area contributed by atoms with Gasteiger partial charge in [0.25, 0.3) is 5.91 Å². The lowest BCUT2D eigenvalue weighted by Gasteiger charge is -2.29. The summed E-state index contributed by atoms with van der Waals surface area (Å²) in [6, 6.07) is 20.4. The van der Waals surface area contributed by atoms with Crippen molar-refractivity contribution in [1.82, 2.24) is 9.88 Å². The third-order valence-corrected chi connectivity index (χ3v) is 7.13. The van der Waals surface area contributed by atoms with E-state index in [4.69, 9.17) is 9.72 Å². The van der Waals surface area contributed by atoms with Gasteiger partial charge in [-0.3, -0.25) is 14.6 Å². The number of benzene rings is 3. The first-order valence-electron chi connectivity index (χ1n) is 11.2. The van der Waals surface area contributed by atoms with E-state index in [2.05, 4.69) is 30.0 Å². The number of aromatic nitrogens is 1. The lowest BCUT2D eigenvalue weighted by atomic mass is 10.0. The Morgan fingerprint density at radius 2 is 1.88 bits per heavy atom. The molecule has 1 aliphatic rings. The Kier molecular flexibility index (Phi) is 7.60. The normalized spacial score (nSPS) is 14.3. The summed E-state index contributed by atoms with van der Waals surface area (Å²) in [4.78, 5) is 23.0. The van der Waals surface area contributed by atoms with Gasteiger partial charge < -0.3 is 4.74 Å². The monoisotopic (exact) mass is 481 g/mol. The summed E-state index contributed by atoms with van der Waals surface area (Å²) in [6.07, 6.45) is 0.985. The Morgan fingerprint density at radius 1 is 1.09 bits per heavy atom. The van der Waals surface area contributed by atoms with Crippen LogP contribution in [-0.2, 0) is 11.2 Å². The second-order valence-corrected chi connectivity index (χ2v) is 9.10. The quantitative estimate of drug-likeness (QED) is 0.369. The molecule has 0 saturated carbocycles. The minimum Gasteiger partial charge on any atom is -0.379 e. The number of rotatable bonds is 6. The number of halogens is 1. The number of thiazole rings is 1. The largest absolute Gasteiger partial charge is 0.379 e. The minimum absolute atomic E-state index is 0. The minimum atomic E-state index is 0. The second kappa shape index (κ2) is 10.6. The number of carbonyl (C=O) groups excluding carboxylic acids is 1. The van der Waals surface area contributed by atoms with Crippen molar-refractivity contribution in [3.05, 3.63) is 71.8 Å². The predicted molar refractivity (Wildman–Crippen MR) is 139 cm³/mol. The topological polar surface area (TPSA) is 45.7 Å². The van der Waals surface area contributed by atoms with E-state index in [0.717, 1.165) is 71.0 Å². The molecule has 5 rings (SSSR count). The fraction of sp³-hybridized carbons (Fsp3) is 0.308. The van der Waals surface area contributed by atoms with Crippen molar-refractivity contribution in [1.29, 1.82) is 0 Å². The van der Waals surface area contributed by atoms with Gasteiger partial charge in [0, 0.05) is 31.7 Å². The summed E-state index contributed by atoms with van der Waals surface area (Å²) < 4.78 is 6.61. The number of fused-ring (bicyclic) bond motifs is 2. The predicted octanol–water partition coefficient (Wildman–Crippen LogP) is 5.41. The van der Waals surface area contributed by atoms with E-state index >= 15 is 0 Å². The summed E-state index contributed by atoms with van der Waals surface area (Å²) >= 11 is 1.60. The van der Waals surface area contributed by atoms with Crippen molar-refractivity contribution >= 4 is 55.8 Å². The van der Waals surface area contributed by atoms with Crippen molar-refractivity contribution in [2.24, 2.45) is 0 Å². The third kappa shape index (κ3) is 5.04. The summed E-state index contributed by atoms with van der Waals surface area (Å²) in [6.45, 7) is 6.85. The molecule has 1 fully saturated rings. The Hall–Kier alpha value is -2.51. The van der Waals surface area contributed by atoms with Crippen LogP contribution in [0.1, 0.15) is 22.8 Å². The van der Waals surface area contributed by atoms with E-state index in [1.54, 1.807) is 11.3 Å². The molecule has 3 aromatic carbocycles. The summed E-state index contributed by atoms with van der Waals surface area (Å²) in [5, 5.41) is 2.81. The van der Waals surface area contributed by atoms with Crippen LogP contribution in [0.2, 0.25) is 0 Å². The average Bonchev–Trinajstić information content (AvgIpc) is 3.27. The molecule has 0 aliphatic carbocycles. The number of anilines is 1. The molecule has 33 heavy (non-hydrogen) atoms. The molecule has 0 spiro atoms. The Bertz CT molecular complexity index is 1250. The zero-order valence-corrected chi connectivity index (χ0v) is 20.3. The van der Waals surface area contributed by atoms with E-state index in [9.17, 15) is 4.79 Å². The van der Waals surface area contributed by atoms with Crippen LogP contribution in [0.5, 0.6) is 0 Å². The van der Waals surface area contributed by atoms with E-state index in [1.807, 2.05) is 47.4 Å². The van der Waals surface area contributed by atoms with Gasteiger partial charge in [0.05, 0.1) is 23.4 Å². The van der Waals surface area contributed by atoms with E-state index in [0.29, 0.717) is 6.54 Å². The van der Waals surface area contributed by atoms with Crippen LogP contribution in [0, 0.1) is 0 Å². The number of hydrogen-bond donors (Lipinski definition) is 0. The fourth-order valence-corrected chi connectivity index (χ4v) is 5.25. The second-order valence-electron chi connectivity index (χ2n) is 8.09.